The number of aromatic nitrogens is 4. The van der Waals surface area contributed by atoms with Gasteiger partial charge in [0.05, 0.1) is 6.54 Å². The number of aryl methyl sites for hydroxylation is 2. The third-order valence-electron chi connectivity index (χ3n) is 3.25. The van der Waals surface area contributed by atoms with Crippen molar-refractivity contribution in [1.29, 1.82) is 0 Å². The monoisotopic (exact) mass is 307 g/mol. The normalized spacial score (nSPS) is 11.2. The summed E-state index contributed by atoms with van der Waals surface area (Å²) in [5.74, 6) is 1.34. The molecule has 0 bridgehead atoms. The first-order valence-corrected chi connectivity index (χ1v) is 7.41. The first kappa shape index (κ1) is 13.3. The van der Waals surface area contributed by atoms with E-state index in [-0.39, 0.29) is 0 Å². The minimum absolute atomic E-state index is 0.451. The van der Waals surface area contributed by atoms with Crippen molar-refractivity contribution in [2.45, 2.75) is 27.3 Å². The van der Waals surface area contributed by atoms with Crippen molar-refractivity contribution in [2.24, 2.45) is 0 Å². The molecule has 0 atom stereocenters. The standard InChI is InChI=1S/C13H14ClN5S/c1-7-4-10(20-9(7)3)5-15-12-8(2)11(14)18-13-16-6-17-19(12)13/h4,6,15H,5H2,1-3H3. The molecule has 0 aliphatic carbocycles. The topological polar surface area (TPSA) is 55.1 Å². The van der Waals surface area contributed by atoms with E-state index in [9.17, 15) is 0 Å². The van der Waals surface area contributed by atoms with E-state index >= 15 is 0 Å². The molecule has 3 aromatic rings. The largest absolute Gasteiger partial charge is 0.365 e. The van der Waals surface area contributed by atoms with Crippen LogP contribution in [0.2, 0.25) is 5.15 Å². The van der Waals surface area contributed by atoms with E-state index < -0.39 is 0 Å². The van der Waals surface area contributed by atoms with Crippen molar-refractivity contribution in [1.82, 2.24) is 19.6 Å². The van der Waals surface area contributed by atoms with E-state index in [0.29, 0.717) is 10.9 Å². The van der Waals surface area contributed by atoms with Crippen LogP contribution < -0.4 is 5.32 Å². The Hall–Kier alpha value is -1.66. The number of hydrogen-bond donors (Lipinski definition) is 1. The van der Waals surface area contributed by atoms with Crippen LogP contribution in [0.3, 0.4) is 0 Å². The summed E-state index contributed by atoms with van der Waals surface area (Å²) in [7, 11) is 0. The van der Waals surface area contributed by atoms with Gasteiger partial charge in [-0.05, 0) is 32.4 Å². The number of halogens is 1. The fraction of sp³-hybridized carbons (Fsp3) is 0.308. The molecule has 104 valence electrons. The SMILES string of the molecule is Cc1cc(CNc2c(C)c(Cl)nc3ncnn23)sc1C. The average molecular weight is 308 g/mol. The molecule has 3 aromatic heterocycles. The molecule has 0 spiro atoms. The number of nitrogens with zero attached hydrogens (tertiary/aromatic N) is 4. The zero-order valence-electron chi connectivity index (χ0n) is 11.4. The Morgan fingerprint density at radius 1 is 1.35 bits per heavy atom. The van der Waals surface area contributed by atoms with Crippen LogP contribution in [0, 0.1) is 20.8 Å². The van der Waals surface area contributed by atoms with Gasteiger partial charge in [0.1, 0.15) is 17.3 Å². The Morgan fingerprint density at radius 2 is 2.15 bits per heavy atom. The van der Waals surface area contributed by atoms with E-state index in [2.05, 4.69) is 40.3 Å². The average Bonchev–Trinajstić information content (AvgIpc) is 2.97. The van der Waals surface area contributed by atoms with Crippen LogP contribution in [0.25, 0.3) is 5.78 Å². The maximum Gasteiger partial charge on any atom is 0.255 e. The lowest BCUT2D eigenvalue weighted by Crippen LogP contribution is -2.08. The van der Waals surface area contributed by atoms with Gasteiger partial charge in [-0.1, -0.05) is 11.6 Å². The second-order valence-corrected chi connectivity index (χ2v) is 6.35. The molecule has 0 fully saturated rings. The number of hydrogen-bond acceptors (Lipinski definition) is 5. The molecule has 7 heteroatoms. The predicted molar refractivity (Wildman–Crippen MR) is 81.6 cm³/mol. The molecule has 3 heterocycles. The molecule has 20 heavy (non-hydrogen) atoms. The molecule has 0 radical (unpaired) electrons. The van der Waals surface area contributed by atoms with E-state index in [0.717, 1.165) is 17.9 Å². The molecule has 3 rings (SSSR count). The number of nitrogens with one attached hydrogen (secondary N) is 1. The van der Waals surface area contributed by atoms with Crippen LogP contribution in [0.15, 0.2) is 12.4 Å². The van der Waals surface area contributed by atoms with Gasteiger partial charge in [0.2, 0.25) is 0 Å². The van der Waals surface area contributed by atoms with E-state index in [4.69, 9.17) is 11.6 Å². The van der Waals surface area contributed by atoms with E-state index in [1.165, 1.54) is 21.6 Å². The third kappa shape index (κ3) is 2.25. The molecule has 5 nitrogen and oxygen atoms in total. The highest BCUT2D eigenvalue weighted by Crippen LogP contribution is 2.25. The van der Waals surface area contributed by atoms with Gasteiger partial charge in [0.25, 0.3) is 5.78 Å². The highest BCUT2D eigenvalue weighted by molar-refractivity contribution is 7.12. The summed E-state index contributed by atoms with van der Waals surface area (Å²) in [4.78, 5) is 10.9. The predicted octanol–water partition coefficient (Wildman–Crippen LogP) is 3.38. The fourth-order valence-electron chi connectivity index (χ4n) is 2.01. The lowest BCUT2D eigenvalue weighted by Gasteiger charge is -2.10. The van der Waals surface area contributed by atoms with Gasteiger partial charge >= 0.3 is 0 Å². The van der Waals surface area contributed by atoms with Gasteiger partial charge in [-0.25, -0.2) is 0 Å². The Labute approximate surface area is 125 Å². The molecule has 0 amide bonds. The van der Waals surface area contributed by atoms with Crippen LogP contribution in [-0.4, -0.2) is 19.6 Å². The molecule has 0 aromatic carbocycles. The molecule has 1 N–H and O–H groups in total. The number of anilines is 1. The third-order valence-corrected chi connectivity index (χ3v) is 4.77. The quantitative estimate of drug-likeness (QED) is 0.754. The zero-order chi connectivity index (χ0) is 14.3. The summed E-state index contributed by atoms with van der Waals surface area (Å²) < 4.78 is 1.68. The Kier molecular flexibility index (Phi) is 3.35. The van der Waals surface area contributed by atoms with Gasteiger partial charge in [-0.3, -0.25) is 0 Å². The zero-order valence-corrected chi connectivity index (χ0v) is 13.0. The number of rotatable bonds is 3. The molecule has 0 aliphatic rings. The molecule has 0 saturated heterocycles. The summed E-state index contributed by atoms with van der Waals surface area (Å²) in [6.07, 6.45) is 1.47. The summed E-state index contributed by atoms with van der Waals surface area (Å²) in [5, 5.41) is 8.02. The van der Waals surface area contributed by atoms with Crippen molar-refractivity contribution in [3.05, 3.63) is 38.4 Å². The lowest BCUT2D eigenvalue weighted by atomic mass is 10.3. The lowest BCUT2D eigenvalue weighted by molar-refractivity contribution is 0.917. The van der Waals surface area contributed by atoms with Crippen molar-refractivity contribution < 1.29 is 0 Å². The summed E-state index contributed by atoms with van der Waals surface area (Å²) in [5.41, 5.74) is 2.19. The van der Waals surface area contributed by atoms with Crippen LogP contribution in [-0.2, 0) is 6.54 Å². The molecule has 0 unspecified atom stereocenters. The minimum atomic E-state index is 0.451. The second kappa shape index (κ2) is 5.03. The van der Waals surface area contributed by atoms with Gasteiger partial charge < -0.3 is 5.32 Å². The van der Waals surface area contributed by atoms with Crippen LogP contribution in [0.4, 0.5) is 5.82 Å². The van der Waals surface area contributed by atoms with Crippen molar-refractivity contribution in [3.63, 3.8) is 0 Å². The van der Waals surface area contributed by atoms with Gasteiger partial charge in [-0.2, -0.15) is 19.6 Å². The molecular weight excluding hydrogens is 294 g/mol. The van der Waals surface area contributed by atoms with Gasteiger partial charge in [0.15, 0.2) is 0 Å². The second-order valence-electron chi connectivity index (χ2n) is 4.65. The molecule has 0 aliphatic heterocycles. The number of fused-ring (bicyclic) bond motifs is 1. The van der Waals surface area contributed by atoms with Crippen molar-refractivity contribution in [3.8, 4) is 0 Å². The number of thiophene rings is 1. The van der Waals surface area contributed by atoms with E-state index in [1.54, 1.807) is 15.9 Å². The summed E-state index contributed by atoms with van der Waals surface area (Å²) in [6.45, 7) is 6.91. The van der Waals surface area contributed by atoms with Crippen LogP contribution in [0.5, 0.6) is 0 Å². The van der Waals surface area contributed by atoms with Crippen LogP contribution in [0.1, 0.15) is 20.9 Å². The van der Waals surface area contributed by atoms with E-state index in [1.807, 2.05) is 6.92 Å². The molecule has 0 saturated carbocycles. The Balaban J connectivity index is 1.94. The van der Waals surface area contributed by atoms with Gasteiger partial charge in [-0.15, -0.1) is 11.3 Å². The van der Waals surface area contributed by atoms with Crippen LogP contribution >= 0.6 is 22.9 Å². The minimum Gasteiger partial charge on any atom is -0.365 e. The summed E-state index contributed by atoms with van der Waals surface area (Å²) >= 11 is 7.93. The smallest absolute Gasteiger partial charge is 0.255 e. The first-order chi connectivity index (χ1) is 9.56. The van der Waals surface area contributed by atoms with Crippen molar-refractivity contribution in [2.75, 3.05) is 5.32 Å². The summed E-state index contributed by atoms with van der Waals surface area (Å²) in [6, 6.07) is 2.20. The highest BCUT2D eigenvalue weighted by Gasteiger charge is 2.12. The van der Waals surface area contributed by atoms with Gasteiger partial charge in [0, 0.05) is 15.3 Å². The first-order valence-electron chi connectivity index (χ1n) is 6.22. The Morgan fingerprint density at radius 3 is 2.85 bits per heavy atom. The maximum atomic E-state index is 6.13. The molecular formula is C13H14ClN5S. The fourth-order valence-corrected chi connectivity index (χ4v) is 3.17. The Bertz CT molecular complexity index is 757. The highest BCUT2D eigenvalue weighted by atomic mass is 35.5. The van der Waals surface area contributed by atoms with Crippen molar-refractivity contribution >= 4 is 34.5 Å². The maximum absolute atomic E-state index is 6.13.